The molecular weight excluding hydrogens is 418 g/mol. The van der Waals surface area contributed by atoms with Crippen LogP contribution in [0.25, 0.3) is 0 Å². The summed E-state index contributed by atoms with van der Waals surface area (Å²) in [6.07, 6.45) is 3.32. The molecule has 0 aromatic heterocycles. The Morgan fingerprint density at radius 1 is 1.10 bits per heavy atom. The molecule has 3 rings (SSSR count). The summed E-state index contributed by atoms with van der Waals surface area (Å²) in [5, 5.41) is 20.4. The maximum Gasteiger partial charge on any atom is 0.258 e. The van der Waals surface area contributed by atoms with E-state index in [2.05, 4.69) is 0 Å². The fraction of sp³-hybridized carbons (Fsp3) is 0.304. The summed E-state index contributed by atoms with van der Waals surface area (Å²) in [7, 11) is 5.53. The first kappa shape index (κ1) is 22.7. The van der Waals surface area contributed by atoms with E-state index < -0.39 is 0 Å². The molecule has 2 N–H and O–H groups in total. The lowest BCUT2D eigenvalue weighted by atomic mass is 10.1. The number of carbonyl (C=O) groups is 2. The minimum absolute atomic E-state index is 0.0773. The molecule has 1 heterocycles. The number of aromatic hydroxyl groups is 2. The van der Waals surface area contributed by atoms with E-state index in [1.165, 1.54) is 17.0 Å². The number of fused-ring (bicyclic) bond motifs is 1. The molecule has 2 aromatic rings. The summed E-state index contributed by atoms with van der Waals surface area (Å²) in [6.45, 7) is 2.82. The van der Waals surface area contributed by atoms with Crippen LogP contribution in [0.5, 0.6) is 11.5 Å². The van der Waals surface area contributed by atoms with Crippen molar-refractivity contribution in [2.75, 3.05) is 32.6 Å². The van der Waals surface area contributed by atoms with Crippen molar-refractivity contribution in [3.05, 3.63) is 63.7 Å². The zero-order valence-corrected chi connectivity index (χ0v) is 18.8. The van der Waals surface area contributed by atoms with E-state index in [0.29, 0.717) is 22.8 Å². The van der Waals surface area contributed by atoms with Gasteiger partial charge in [-0.15, -0.1) is 0 Å². The van der Waals surface area contributed by atoms with E-state index in [4.69, 9.17) is 11.6 Å². The van der Waals surface area contributed by atoms with Gasteiger partial charge in [0.1, 0.15) is 11.5 Å². The standard InChI is InChI=1S/C23H26ClN3O4/c1-14-10-15(21(29)11-20(14)28)23(31)27-12-16-17(13-27)19(8-7-18(16)24)26(4)22(30)6-5-9-25(2)3/h5-8,10-11,28-29H,9,12-13H2,1-4H3/b6-5+. The Hall–Kier alpha value is -3.03. The van der Waals surface area contributed by atoms with Crippen LogP contribution in [0.2, 0.25) is 5.02 Å². The number of aryl methyl sites for hydroxylation is 1. The molecule has 1 aliphatic heterocycles. The van der Waals surface area contributed by atoms with Crippen LogP contribution >= 0.6 is 11.6 Å². The summed E-state index contributed by atoms with van der Waals surface area (Å²) in [5.41, 5.74) is 2.86. The summed E-state index contributed by atoms with van der Waals surface area (Å²) in [4.78, 5) is 30.7. The number of carbonyl (C=O) groups excluding carboxylic acids is 2. The average Bonchev–Trinajstić information content (AvgIpc) is 3.16. The average molecular weight is 444 g/mol. The second kappa shape index (κ2) is 8.99. The Bertz CT molecular complexity index is 1070. The zero-order chi connectivity index (χ0) is 22.9. The predicted octanol–water partition coefficient (Wildman–Crippen LogP) is 3.30. The highest BCUT2D eigenvalue weighted by Gasteiger charge is 2.31. The fourth-order valence-corrected chi connectivity index (χ4v) is 3.75. The van der Waals surface area contributed by atoms with Gasteiger partial charge in [0.2, 0.25) is 5.91 Å². The smallest absolute Gasteiger partial charge is 0.258 e. The van der Waals surface area contributed by atoms with Gasteiger partial charge in [-0.1, -0.05) is 17.7 Å². The van der Waals surface area contributed by atoms with Crippen LogP contribution in [0, 0.1) is 6.92 Å². The molecule has 2 aromatic carbocycles. The Balaban J connectivity index is 1.87. The number of benzene rings is 2. The molecule has 0 radical (unpaired) electrons. The van der Waals surface area contributed by atoms with Crippen LogP contribution in [0.3, 0.4) is 0 Å². The van der Waals surface area contributed by atoms with Crippen molar-refractivity contribution in [3.63, 3.8) is 0 Å². The number of nitrogens with zero attached hydrogens (tertiary/aromatic N) is 3. The van der Waals surface area contributed by atoms with Crippen LogP contribution in [-0.4, -0.2) is 59.5 Å². The zero-order valence-electron chi connectivity index (χ0n) is 18.0. The van der Waals surface area contributed by atoms with Crippen molar-refractivity contribution in [1.29, 1.82) is 0 Å². The van der Waals surface area contributed by atoms with Gasteiger partial charge in [0.15, 0.2) is 0 Å². The molecule has 0 spiro atoms. The third kappa shape index (κ3) is 4.68. The molecule has 1 aliphatic rings. The monoisotopic (exact) mass is 443 g/mol. The van der Waals surface area contributed by atoms with Crippen LogP contribution < -0.4 is 4.90 Å². The van der Waals surface area contributed by atoms with E-state index in [9.17, 15) is 19.8 Å². The number of amides is 2. The quantitative estimate of drug-likeness (QED) is 0.693. The maximum absolute atomic E-state index is 13.1. The molecular formula is C23H26ClN3O4. The lowest BCUT2D eigenvalue weighted by Crippen LogP contribution is -2.27. The van der Waals surface area contributed by atoms with Crippen LogP contribution in [0.15, 0.2) is 36.4 Å². The largest absolute Gasteiger partial charge is 0.508 e. The van der Waals surface area contributed by atoms with Gasteiger partial charge in [-0.3, -0.25) is 9.59 Å². The molecule has 0 fully saturated rings. The highest BCUT2D eigenvalue weighted by molar-refractivity contribution is 6.31. The molecule has 0 saturated heterocycles. The lowest BCUT2D eigenvalue weighted by Gasteiger charge is -2.20. The van der Waals surface area contributed by atoms with E-state index in [-0.39, 0.29) is 42.0 Å². The molecule has 8 heteroatoms. The summed E-state index contributed by atoms with van der Waals surface area (Å²) in [5.74, 6) is -0.915. The van der Waals surface area contributed by atoms with Gasteiger partial charge in [0.05, 0.1) is 5.56 Å². The molecule has 2 amide bonds. The highest BCUT2D eigenvalue weighted by atomic mass is 35.5. The van der Waals surface area contributed by atoms with Gasteiger partial charge >= 0.3 is 0 Å². The highest BCUT2D eigenvalue weighted by Crippen LogP contribution is 2.38. The minimum Gasteiger partial charge on any atom is -0.508 e. The first-order chi connectivity index (χ1) is 14.6. The Labute approximate surface area is 186 Å². The Morgan fingerprint density at radius 2 is 1.77 bits per heavy atom. The third-order valence-electron chi connectivity index (χ3n) is 5.30. The third-order valence-corrected chi connectivity index (χ3v) is 5.66. The van der Waals surface area contributed by atoms with Gasteiger partial charge in [-0.05, 0) is 50.3 Å². The Morgan fingerprint density at radius 3 is 2.45 bits per heavy atom. The Kier molecular flexibility index (Phi) is 6.57. The van der Waals surface area contributed by atoms with Crippen molar-refractivity contribution >= 4 is 29.1 Å². The van der Waals surface area contributed by atoms with Gasteiger partial charge in [0.25, 0.3) is 5.91 Å². The van der Waals surface area contributed by atoms with E-state index in [1.54, 1.807) is 37.1 Å². The van der Waals surface area contributed by atoms with E-state index in [0.717, 1.165) is 17.2 Å². The first-order valence-corrected chi connectivity index (χ1v) is 10.2. The number of halogens is 1. The second-order valence-electron chi connectivity index (χ2n) is 7.90. The molecule has 0 unspecified atom stereocenters. The van der Waals surface area contributed by atoms with Crippen molar-refractivity contribution in [2.45, 2.75) is 20.0 Å². The van der Waals surface area contributed by atoms with Crippen LogP contribution in [-0.2, 0) is 17.9 Å². The number of anilines is 1. The summed E-state index contributed by atoms with van der Waals surface area (Å²) < 4.78 is 0. The molecule has 0 bridgehead atoms. The van der Waals surface area contributed by atoms with Gasteiger partial charge in [-0.2, -0.15) is 0 Å². The van der Waals surface area contributed by atoms with E-state index >= 15 is 0 Å². The molecule has 164 valence electrons. The molecule has 7 nitrogen and oxygen atoms in total. The molecule has 31 heavy (non-hydrogen) atoms. The normalized spacial score (nSPS) is 13.2. The van der Waals surface area contributed by atoms with Gasteiger partial charge < -0.3 is 24.9 Å². The van der Waals surface area contributed by atoms with Crippen molar-refractivity contribution < 1.29 is 19.8 Å². The maximum atomic E-state index is 13.1. The number of phenols is 2. The van der Waals surface area contributed by atoms with Crippen molar-refractivity contribution in [3.8, 4) is 11.5 Å². The van der Waals surface area contributed by atoms with Crippen LogP contribution in [0.4, 0.5) is 5.69 Å². The van der Waals surface area contributed by atoms with Gasteiger partial charge in [0, 0.05) is 55.1 Å². The minimum atomic E-state index is -0.376. The molecule has 0 aliphatic carbocycles. The second-order valence-corrected chi connectivity index (χ2v) is 8.31. The van der Waals surface area contributed by atoms with Crippen LogP contribution in [0.1, 0.15) is 27.0 Å². The van der Waals surface area contributed by atoms with Crippen molar-refractivity contribution in [2.24, 2.45) is 0 Å². The summed E-state index contributed by atoms with van der Waals surface area (Å²) >= 11 is 6.39. The summed E-state index contributed by atoms with van der Waals surface area (Å²) in [6, 6.07) is 6.12. The predicted molar refractivity (Wildman–Crippen MR) is 121 cm³/mol. The number of rotatable bonds is 5. The first-order valence-electron chi connectivity index (χ1n) is 9.81. The number of hydrogen-bond donors (Lipinski definition) is 2. The lowest BCUT2D eigenvalue weighted by molar-refractivity contribution is -0.113. The van der Waals surface area contributed by atoms with E-state index in [1.807, 2.05) is 19.0 Å². The number of likely N-dealkylation sites (N-methyl/N-ethyl adjacent to an activating group) is 2. The number of phenolic OH excluding ortho intramolecular Hbond substituents is 2. The number of hydrogen-bond acceptors (Lipinski definition) is 5. The fourth-order valence-electron chi connectivity index (χ4n) is 3.52. The van der Waals surface area contributed by atoms with Gasteiger partial charge in [-0.25, -0.2) is 0 Å². The SMILES string of the molecule is Cc1cc(C(=O)N2Cc3c(Cl)ccc(N(C)C(=O)/C=C/CN(C)C)c3C2)c(O)cc1O. The molecule has 0 atom stereocenters. The van der Waals surface area contributed by atoms with Crippen molar-refractivity contribution in [1.82, 2.24) is 9.80 Å². The molecule has 0 saturated carbocycles. The topological polar surface area (TPSA) is 84.3 Å².